The second-order valence-electron chi connectivity index (χ2n) is 4.84. The minimum absolute atomic E-state index is 0.000800. The molecule has 22 heavy (non-hydrogen) atoms. The third-order valence-corrected chi connectivity index (χ3v) is 4.02. The van der Waals surface area contributed by atoms with E-state index in [2.05, 4.69) is 10.2 Å². The summed E-state index contributed by atoms with van der Waals surface area (Å²) in [7, 11) is 0. The molecule has 0 unspecified atom stereocenters. The van der Waals surface area contributed by atoms with E-state index in [1.165, 1.54) is 23.9 Å². The van der Waals surface area contributed by atoms with Gasteiger partial charge in [0.2, 0.25) is 5.91 Å². The summed E-state index contributed by atoms with van der Waals surface area (Å²) < 4.78 is 13.2. The van der Waals surface area contributed by atoms with Crippen molar-refractivity contribution in [1.82, 2.24) is 15.1 Å². The van der Waals surface area contributed by atoms with Gasteiger partial charge in [-0.2, -0.15) is 5.10 Å². The van der Waals surface area contributed by atoms with Crippen molar-refractivity contribution in [3.63, 3.8) is 0 Å². The van der Waals surface area contributed by atoms with E-state index in [0.29, 0.717) is 18.8 Å². The summed E-state index contributed by atoms with van der Waals surface area (Å²) >= 11 is 1.36. The Hall–Kier alpha value is -1.95. The lowest BCUT2D eigenvalue weighted by atomic mass is 10.2. The molecule has 0 saturated heterocycles. The second-order valence-corrected chi connectivity index (χ2v) is 5.84. The zero-order valence-electron chi connectivity index (χ0n) is 12.6. The van der Waals surface area contributed by atoms with Crippen LogP contribution in [-0.2, 0) is 11.3 Å². The third kappa shape index (κ3) is 4.80. The Labute approximate surface area is 133 Å². The monoisotopic (exact) mass is 319 g/mol. The van der Waals surface area contributed by atoms with Crippen LogP contribution in [0.2, 0.25) is 0 Å². The third-order valence-electron chi connectivity index (χ3n) is 3.11. The molecule has 1 aromatic carbocycles. The number of thioether (sulfide) groups is 1. The Bertz CT molecular complexity index is 634. The van der Waals surface area contributed by atoms with E-state index in [9.17, 15) is 9.18 Å². The fraction of sp³-hybridized carbons (Fsp3) is 0.312. The van der Waals surface area contributed by atoms with Gasteiger partial charge in [-0.05, 0) is 43.7 Å². The van der Waals surface area contributed by atoms with E-state index in [0.717, 1.165) is 16.3 Å². The highest BCUT2D eigenvalue weighted by atomic mass is 32.2. The molecule has 6 heteroatoms. The highest BCUT2D eigenvalue weighted by molar-refractivity contribution is 7.99. The first-order valence-electron chi connectivity index (χ1n) is 7.04. The van der Waals surface area contributed by atoms with Crippen molar-refractivity contribution >= 4 is 17.7 Å². The number of benzene rings is 1. The van der Waals surface area contributed by atoms with Gasteiger partial charge in [-0.1, -0.05) is 23.9 Å². The Morgan fingerprint density at radius 3 is 2.73 bits per heavy atom. The van der Waals surface area contributed by atoms with Crippen LogP contribution >= 0.6 is 11.8 Å². The Morgan fingerprint density at radius 2 is 2.09 bits per heavy atom. The SMILES string of the molecule is CCN(Cc1cccc(F)c1)C(=O)CSc1ccc(C)nn1. The highest BCUT2D eigenvalue weighted by Gasteiger charge is 2.13. The van der Waals surface area contributed by atoms with Gasteiger partial charge < -0.3 is 4.90 Å². The zero-order chi connectivity index (χ0) is 15.9. The van der Waals surface area contributed by atoms with Crippen molar-refractivity contribution in [3.05, 3.63) is 53.5 Å². The zero-order valence-corrected chi connectivity index (χ0v) is 13.4. The summed E-state index contributed by atoms with van der Waals surface area (Å²) in [6, 6.07) is 10.0. The van der Waals surface area contributed by atoms with E-state index >= 15 is 0 Å². The van der Waals surface area contributed by atoms with Crippen molar-refractivity contribution in [3.8, 4) is 0 Å². The van der Waals surface area contributed by atoms with E-state index in [4.69, 9.17) is 0 Å². The molecule has 116 valence electrons. The molecular weight excluding hydrogens is 301 g/mol. The standard InChI is InChI=1S/C16H18FN3OS/c1-3-20(10-13-5-4-6-14(17)9-13)16(21)11-22-15-8-7-12(2)18-19-15/h4-9H,3,10-11H2,1-2H3. The first kappa shape index (κ1) is 16.4. The van der Waals surface area contributed by atoms with Gasteiger partial charge in [-0.25, -0.2) is 4.39 Å². The molecule has 4 nitrogen and oxygen atoms in total. The van der Waals surface area contributed by atoms with Crippen LogP contribution in [0.1, 0.15) is 18.2 Å². The summed E-state index contributed by atoms with van der Waals surface area (Å²) in [5.74, 6) is 0.00500. The molecule has 0 saturated carbocycles. The minimum atomic E-state index is -0.287. The van der Waals surface area contributed by atoms with Crippen LogP contribution in [0.3, 0.4) is 0 Å². The first-order chi connectivity index (χ1) is 10.6. The molecule has 1 heterocycles. The molecule has 0 aliphatic carbocycles. The average Bonchev–Trinajstić information content (AvgIpc) is 2.52. The summed E-state index contributed by atoms with van der Waals surface area (Å²) in [5, 5.41) is 8.71. The molecular formula is C16H18FN3OS. The van der Waals surface area contributed by atoms with Gasteiger partial charge >= 0.3 is 0 Å². The van der Waals surface area contributed by atoms with Crippen LogP contribution in [0.25, 0.3) is 0 Å². The molecule has 0 bridgehead atoms. The van der Waals surface area contributed by atoms with Gasteiger partial charge in [0.05, 0.1) is 11.4 Å². The van der Waals surface area contributed by atoms with Crippen LogP contribution in [-0.4, -0.2) is 33.3 Å². The van der Waals surface area contributed by atoms with Gasteiger partial charge in [0.15, 0.2) is 0 Å². The molecule has 0 spiro atoms. The number of carbonyl (C=O) groups excluding carboxylic acids is 1. The smallest absolute Gasteiger partial charge is 0.233 e. The lowest BCUT2D eigenvalue weighted by Crippen LogP contribution is -2.31. The molecule has 2 aromatic rings. The number of aromatic nitrogens is 2. The molecule has 0 aliphatic rings. The van der Waals surface area contributed by atoms with Crippen molar-refractivity contribution in [2.45, 2.75) is 25.4 Å². The largest absolute Gasteiger partial charge is 0.338 e. The predicted octanol–water partition coefficient (Wildman–Crippen LogP) is 3.06. The number of hydrogen-bond acceptors (Lipinski definition) is 4. The number of nitrogens with zero attached hydrogens (tertiary/aromatic N) is 3. The first-order valence-corrected chi connectivity index (χ1v) is 8.02. The second kappa shape index (κ2) is 7.89. The van der Waals surface area contributed by atoms with Gasteiger partial charge in [-0.15, -0.1) is 5.10 Å². The van der Waals surface area contributed by atoms with E-state index in [-0.39, 0.29) is 11.7 Å². The minimum Gasteiger partial charge on any atom is -0.338 e. The summed E-state index contributed by atoms with van der Waals surface area (Å²) in [6.07, 6.45) is 0. The summed E-state index contributed by atoms with van der Waals surface area (Å²) in [4.78, 5) is 14.0. The van der Waals surface area contributed by atoms with Gasteiger partial charge in [0.1, 0.15) is 10.8 Å². The van der Waals surface area contributed by atoms with Gasteiger partial charge in [-0.3, -0.25) is 4.79 Å². The predicted molar refractivity (Wildman–Crippen MR) is 85.0 cm³/mol. The quantitative estimate of drug-likeness (QED) is 0.768. The van der Waals surface area contributed by atoms with Crippen LogP contribution < -0.4 is 0 Å². The lowest BCUT2D eigenvalue weighted by molar-refractivity contribution is -0.128. The number of rotatable bonds is 6. The van der Waals surface area contributed by atoms with Gasteiger partial charge in [0.25, 0.3) is 0 Å². The Kier molecular flexibility index (Phi) is 5.89. The van der Waals surface area contributed by atoms with Crippen molar-refractivity contribution in [2.24, 2.45) is 0 Å². The normalized spacial score (nSPS) is 10.5. The molecule has 0 N–H and O–H groups in total. The van der Waals surface area contributed by atoms with Crippen LogP contribution in [0, 0.1) is 12.7 Å². The Morgan fingerprint density at radius 1 is 1.27 bits per heavy atom. The number of carbonyl (C=O) groups is 1. The molecule has 1 amide bonds. The molecule has 0 atom stereocenters. The molecule has 2 rings (SSSR count). The van der Waals surface area contributed by atoms with Crippen LogP contribution in [0.5, 0.6) is 0 Å². The maximum absolute atomic E-state index is 13.2. The van der Waals surface area contributed by atoms with Gasteiger partial charge in [0, 0.05) is 13.1 Å². The maximum atomic E-state index is 13.2. The topological polar surface area (TPSA) is 46.1 Å². The molecule has 0 radical (unpaired) electrons. The van der Waals surface area contributed by atoms with E-state index in [1.54, 1.807) is 11.0 Å². The fourth-order valence-electron chi connectivity index (χ4n) is 1.92. The highest BCUT2D eigenvalue weighted by Crippen LogP contribution is 2.16. The number of amides is 1. The molecule has 0 aliphatic heterocycles. The summed E-state index contributed by atoms with van der Waals surface area (Å²) in [6.45, 7) is 4.76. The van der Waals surface area contributed by atoms with E-state index in [1.807, 2.05) is 32.0 Å². The van der Waals surface area contributed by atoms with Crippen molar-refractivity contribution < 1.29 is 9.18 Å². The number of aryl methyl sites for hydroxylation is 1. The summed E-state index contributed by atoms with van der Waals surface area (Å²) in [5.41, 5.74) is 1.63. The fourth-order valence-corrected chi connectivity index (χ4v) is 2.64. The number of halogens is 1. The molecule has 1 aromatic heterocycles. The van der Waals surface area contributed by atoms with Crippen LogP contribution in [0.4, 0.5) is 4.39 Å². The Balaban J connectivity index is 1.92. The lowest BCUT2D eigenvalue weighted by Gasteiger charge is -2.20. The van der Waals surface area contributed by atoms with E-state index < -0.39 is 0 Å². The number of hydrogen-bond donors (Lipinski definition) is 0. The van der Waals surface area contributed by atoms with Crippen molar-refractivity contribution in [2.75, 3.05) is 12.3 Å². The maximum Gasteiger partial charge on any atom is 0.233 e. The average molecular weight is 319 g/mol. The van der Waals surface area contributed by atoms with Crippen molar-refractivity contribution in [1.29, 1.82) is 0 Å². The van der Waals surface area contributed by atoms with Crippen LogP contribution in [0.15, 0.2) is 41.4 Å². The molecule has 0 fully saturated rings.